The third kappa shape index (κ3) is 26.6. The van der Waals surface area contributed by atoms with E-state index in [1.54, 1.807) is 0 Å². The maximum absolute atomic E-state index is 6.68. The van der Waals surface area contributed by atoms with Crippen molar-refractivity contribution in [3.05, 3.63) is 190 Å². The molecule has 6 aromatic carbocycles. The van der Waals surface area contributed by atoms with E-state index in [2.05, 4.69) is 198 Å². The van der Waals surface area contributed by atoms with Crippen LogP contribution in [0.3, 0.4) is 0 Å². The number of thiophene rings is 6. The normalized spacial score (nSPS) is 11.6. The lowest BCUT2D eigenvalue weighted by Gasteiger charge is -2.12. The van der Waals surface area contributed by atoms with Gasteiger partial charge in [-0.3, -0.25) is 0 Å². The summed E-state index contributed by atoms with van der Waals surface area (Å²) in [5.74, 6) is 5.32. The molecule has 0 aliphatic rings. The van der Waals surface area contributed by atoms with Gasteiger partial charge in [-0.25, -0.2) is 0 Å². The number of hydrogen-bond acceptors (Lipinski definition) is 12. The summed E-state index contributed by atoms with van der Waals surface area (Å²) >= 11 is 11.4. The maximum atomic E-state index is 6.68. The molecule has 0 saturated heterocycles. The molecule has 0 radical (unpaired) electrons. The van der Waals surface area contributed by atoms with Crippen molar-refractivity contribution in [3.8, 4) is 150 Å². The minimum absolute atomic E-state index is 0.873. The van der Waals surface area contributed by atoms with Crippen molar-refractivity contribution >= 4 is 68.0 Å². The lowest BCUT2D eigenvalue weighted by Crippen LogP contribution is -1.93. The Morgan fingerprint density at radius 2 is 0.413 bits per heavy atom. The van der Waals surface area contributed by atoms with E-state index in [-0.39, 0.29) is 0 Å². The summed E-state index contributed by atoms with van der Waals surface area (Å²) in [6.45, 7) is 13.8. The van der Waals surface area contributed by atoms with Gasteiger partial charge in [-0.15, -0.1) is 68.0 Å². The number of unbranched alkanes of at least 4 members (excludes halogenated alkanes) is 30. The van der Waals surface area contributed by atoms with Crippen LogP contribution in [0.4, 0.5) is 0 Å². The van der Waals surface area contributed by atoms with E-state index in [1.807, 2.05) is 111 Å². The fourth-order valence-corrected chi connectivity index (χ4v) is 25.4. The monoisotopic (exact) mass is 1800 g/mol. The molecule has 6 heterocycles. The minimum atomic E-state index is 0.873. The van der Waals surface area contributed by atoms with Gasteiger partial charge in [0, 0.05) is 85.6 Å². The van der Waals surface area contributed by atoms with Crippen molar-refractivity contribution in [1.82, 2.24) is 0 Å². The molecule has 12 heteroatoms. The molecule has 0 bridgehead atoms. The SMILES string of the molecule is CCCCCCCCc1ccc(OC)c(-c2csc(-c3sc(-c4sc(-c5sc(-c6sc(-c7sccc7-c7cc(CCCCCCCC)ccc7OC)cc6-c6cc(CCCCCCCC)ccc6OC)cc5-c5cc(CCCCCCCC)ccc5OC)cc4-c4cc(CCCCCCCC)ccc4OC)cc3-c3cc(CCCCCCCC)ccc3OC)c2)c1. The first kappa shape index (κ1) is 97.4. The van der Waals surface area contributed by atoms with Crippen LogP contribution in [0.2, 0.25) is 0 Å². The lowest BCUT2D eigenvalue weighted by molar-refractivity contribution is 0.416. The first-order chi connectivity index (χ1) is 62.0. The number of aryl methyl sites for hydroxylation is 6. The molecule has 6 nitrogen and oxygen atoms in total. The van der Waals surface area contributed by atoms with E-state index < -0.39 is 0 Å². The fourth-order valence-electron chi connectivity index (χ4n) is 18.3. The van der Waals surface area contributed by atoms with Crippen LogP contribution < -0.4 is 28.4 Å². The highest BCUT2D eigenvalue weighted by Gasteiger charge is 2.30. The minimum Gasteiger partial charge on any atom is -0.496 e. The standard InChI is InChI=1S/C114H146O6S6/c1-13-19-25-31-37-43-49-81-55-61-99(115-7)89(69-81)87-75-105(122-80-87)111-95(91-71-83(57-63-101(91)117-9)51-45-39-33-27-21-15-3)77-107(124-111)113-97(93-73-85(59-65-103(93)119-11)53-47-41-35-29-23-17-5)79-109(126-113)114-98(94-74-86(60-66-104(94)120-12)54-48-42-36-30-24-18-6)78-108(125-114)112-96(92-72-84(58-64-102(92)118-10)52-46-40-34-28-22-16-4)76-106(123-112)110-88(67-68-121-110)90-70-82(56-62-100(90)116-8)50-44-38-32-26-20-14-2/h55-80H,13-54H2,1-12H3. The second kappa shape index (κ2) is 52.2. The molecule has 0 aliphatic heterocycles. The third-order valence-electron chi connectivity index (χ3n) is 25.6. The summed E-state index contributed by atoms with van der Waals surface area (Å²) in [4.78, 5) is 12.2. The Bertz CT molecular complexity index is 5260. The highest BCUT2D eigenvalue weighted by atomic mass is 32.1. The van der Waals surface area contributed by atoms with Crippen LogP contribution in [0.15, 0.2) is 156 Å². The number of hydrogen-bond donors (Lipinski definition) is 0. The van der Waals surface area contributed by atoms with Crippen LogP contribution in [-0.2, 0) is 38.5 Å². The number of benzene rings is 6. The van der Waals surface area contributed by atoms with Gasteiger partial charge >= 0.3 is 0 Å². The van der Waals surface area contributed by atoms with Gasteiger partial charge in [0.25, 0.3) is 0 Å². The van der Waals surface area contributed by atoms with Gasteiger partial charge in [-0.1, -0.05) is 271 Å². The first-order valence-electron chi connectivity index (χ1n) is 48.8. The molecule has 0 amide bonds. The van der Waals surface area contributed by atoms with E-state index in [9.17, 15) is 0 Å². The smallest absolute Gasteiger partial charge is 0.126 e. The number of methoxy groups -OCH3 is 6. The Morgan fingerprint density at radius 3 is 0.675 bits per heavy atom. The molecule has 674 valence electrons. The van der Waals surface area contributed by atoms with Crippen LogP contribution in [-0.4, -0.2) is 42.7 Å². The maximum Gasteiger partial charge on any atom is 0.126 e. The Morgan fingerprint density at radius 1 is 0.190 bits per heavy atom. The van der Waals surface area contributed by atoms with Gasteiger partial charge < -0.3 is 28.4 Å². The second-order valence-corrected chi connectivity index (χ2v) is 41.1. The van der Waals surface area contributed by atoms with Crippen LogP contribution in [0.5, 0.6) is 34.5 Å². The third-order valence-corrected chi connectivity index (χ3v) is 32.9. The van der Waals surface area contributed by atoms with Crippen molar-refractivity contribution in [2.75, 3.05) is 42.7 Å². The van der Waals surface area contributed by atoms with Crippen molar-refractivity contribution in [2.45, 2.75) is 311 Å². The molecular weight excluding hydrogens is 1660 g/mol. The summed E-state index contributed by atoms with van der Waals surface area (Å²) in [6.07, 6.45) is 51.2. The molecule has 12 aromatic rings. The molecule has 0 fully saturated rings. The van der Waals surface area contributed by atoms with Crippen LogP contribution >= 0.6 is 68.0 Å². The van der Waals surface area contributed by atoms with E-state index >= 15 is 0 Å². The molecule has 126 heavy (non-hydrogen) atoms. The zero-order valence-corrected chi connectivity index (χ0v) is 83.5. The molecule has 0 aliphatic carbocycles. The second-order valence-electron chi connectivity index (χ2n) is 35.1. The van der Waals surface area contributed by atoms with Gasteiger partial charge in [0.05, 0.1) is 67.0 Å². The van der Waals surface area contributed by atoms with Crippen molar-refractivity contribution in [2.24, 2.45) is 0 Å². The molecule has 0 unspecified atom stereocenters. The summed E-state index contributed by atoms with van der Waals surface area (Å²) in [7, 11) is 11.1. The van der Waals surface area contributed by atoms with Crippen molar-refractivity contribution in [3.63, 3.8) is 0 Å². The molecule has 0 N–H and O–H groups in total. The van der Waals surface area contributed by atoms with Crippen LogP contribution in [0.1, 0.15) is 306 Å². The Balaban J connectivity index is 1.10. The first-order valence-corrected chi connectivity index (χ1v) is 53.8. The summed E-state index contributed by atoms with van der Waals surface area (Å²) < 4.78 is 39.1. The molecule has 0 saturated carbocycles. The highest BCUT2D eigenvalue weighted by molar-refractivity contribution is 7.31. The van der Waals surface area contributed by atoms with Crippen LogP contribution in [0.25, 0.3) is 116 Å². The molecule has 0 atom stereocenters. The zero-order valence-electron chi connectivity index (χ0n) is 78.6. The van der Waals surface area contributed by atoms with Gasteiger partial charge in [0.2, 0.25) is 0 Å². The highest BCUT2D eigenvalue weighted by Crippen LogP contribution is 2.59. The van der Waals surface area contributed by atoms with Gasteiger partial charge in [-0.05, 0) is 236 Å². The Labute approximate surface area is 783 Å². The van der Waals surface area contributed by atoms with E-state index in [4.69, 9.17) is 28.4 Å². The molecule has 0 spiro atoms. The Kier molecular flexibility index (Phi) is 40.4. The molecule has 12 rings (SSSR count). The largest absolute Gasteiger partial charge is 0.496 e. The topological polar surface area (TPSA) is 55.4 Å². The number of ether oxygens (including phenoxy) is 6. The van der Waals surface area contributed by atoms with Crippen LogP contribution in [0, 0.1) is 0 Å². The summed E-state index contributed by atoms with van der Waals surface area (Å²) in [5.41, 5.74) is 22.0. The summed E-state index contributed by atoms with van der Waals surface area (Å²) in [6, 6.07) is 56.9. The summed E-state index contributed by atoms with van der Waals surface area (Å²) in [5, 5.41) is 4.66. The van der Waals surface area contributed by atoms with Gasteiger partial charge in [0.15, 0.2) is 0 Å². The predicted molar refractivity (Wildman–Crippen MR) is 555 cm³/mol. The van der Waals surface area contributed by atoms with E-state index in [0.29, 0.717) is 0 Å². The number of rotatable bonds is 59. The van der Waals surface area contributed by atoms with E-state index in [1.165, 1.54) is 321 Å². The predicted octanol–water partition coefficient (Wildman–Crippen LogP) is 37.9. The Hall–Kier alpha value is -7.68. The average molecular weight is 1800 g/mol. The average Bonchev–Trinajstić information content (AvgIpc) is 1.59. The molecule has 6 aromatic heterocycles. The van der Waals surface area contributed by atoms with Crippen molar-refractivity contribution in [1.29, 1.82) is 0 Å². The van der Waals surface area contributed by atoms with Gasteiger partial charge in [-0.2, -0.15) is 0 Å². The van der Waals surface area contributed by atoms with Gasteiger partial charge in [0.1, 0.15) is 34.5 Å². The zero-order chi connectivity index (χ0) is 88.2. The fraction of sp³-hybridized carbons (Fsp3) is 0.474. The molecular formula is C114H146O6S6. The van der Waals surface area contributed by atoms with Crippen molar-refractivity contribution < 1.29 is 28.4 Å². The lowest BCUT2D eigenvalue weighted by atomic mass is 9.96. The quantitative estimate of drug-likeness (QED) is 0.0354. The van der Waals surface area contributed by atoms with E-state index in [0.717, 1.165) is 132 Å².